The van der Waals surface area contributed by atoms with Gasteiger partial charge < -0.3 is 5.73 Å². The number of rotatable bonds is 4. The SMILES string of the molecule is CCc1ccc(CC)c(-c2csc(CN)c2)c1. The van der Waals surface area contributed by atoms with Gasteiger partial charge in [-0.2, -0.15) is 0 Å². The smallest absolute Gasteiger partial charge is 0.0274 e. The van der Waals surface area contributed by atoms with Crippen molar-refractivity contribution in [3.63, 3.8) is 0 Å². The van der Waals surface area contributed by atoms with Crippen molar-refractivity contribution >= 4 is 11.3 Å². The molecular formula is C15H19NS. The maximum Gasteiger partial charge on any atom is 0.0274 e. The van der Waals surface area contributed by atoms with Crippen LogP contribution in [0.2, 0.25) is 0 Å². The fourth-order valence-corrected chi connectivity index (χ4v) is 2.81. The molecule has 0 aliphatic heterocycles. The van der Waals surface area contributed by atoms with Gasteiger partial charge in [-0.3, -0.25) is 0 Å². The Bertz CT molecular complexity index is 499. The maximum atomic E-state index is 5.68. The number of aryl methyl sites for hydroxylation is 2. The summed E-state index contributed by atoms with van der Waals surface area (Å²) in [5, 5.41) is 2.22. The standard InChI is InChI=1S/C15H19NS/c1-3-11-5-6-12(4-2)15(7-11)13-8-14(9-16)17-10-13/h5-8,10H,3-4,9,16H2,1-2H3. The molecule has 0 fully saturated rings. The van der Waals surface area contributed by atoms with Crippen LogP contribution in [0.3, 0.4) is 0 Å². The van der Waals surface area contributed by atoms with E-state index in [2.05, 4.69) is 43.5 Å². The quantitative estimate of drug-likeness (QED) is 0.865. The summed E-state index contributed by atoms with van der Waals surface area (Å²) in [4.78, 5) is 1.25. The van der Waals surface area contributed by atoms with Gasteiger partial charge in [-0.25, -0.2) is 0 Å². The van der Waals surface area contributed by atoms with E-state index in [0.29, 0.717) is 6.54 Å². The zero-order valence-electron chi connectivity index (χ0n) is 10.5. The molecule has 1 aromatic heterocycles. The van der Waals surface area contributed by atoms with Gasteiger partial charge in [0.15, 0.2) is 0 Å². The first-order chi connectivity index (χ1) is 8.28. The molecule has 0 radical (unpaired) electrons. The van der Waals surface area contributed by atoms with E-state index in [1.54, 1.807) is 11.3 Å². The number of thiophene rings is 1. The van der Waals surface area contributed by atoms with Crippen molar-refractivity contribution in [2.24, 2.45) is 5.73 Å². The molecular weight excluding hydrogens is 226 g/mol. The molecule has 1 nitrogen and oxygen atoms in total. The Morgan fingerprint density at radius 3 is 2.53 bits per heavy atom. The topological polar surface area (TPSA) is 26.0 Å². The van der Waals surface area contributed by atoms with Crippen LogP contribution in [0.5, 0.6) is 0 Å². The van der Waals surface area contributed by atoms with Gasteiger partial charge in [-0.05, 0) is 46.5 Å². The Labute approximate surface area is 107 Å². The summed E-state index contributed by atoms with van der Waals surface area (Å²) in [7, 11) is 0. The Morgan fingerprint density at radius 1 is 1.12 bits per heavy atom. The van der Waals surface area contributed by atoms with Crippen LogP contribution in [0.15, 0.2) is 29.6 Å². The highest BCUT2D eigenvalue weighted by Gasteiger charge is 2.07. The summed E-state index contributed by atoms with van der Waals surface area (Å²) in [6.07, 6.45) is 2.16. The van der Waals surface area contributed by atoms with E-state index in [1.807, 2.05) is 0 Å². The van der Waals surface area contributed by atoms with Crippen molar-refractivity contribution in [2.75, 3.05) is 0 Å². The molecule has 0 aliphatic rings. The van der Waals surface area contributed by atoms with Crippen LogP contribution in [0, 0.1) is 0 Å². The highest BCUT2D eigenvalue weighted by molar-refractivity contribution is 7.10. The molecule has 2 N–H and O–H groups in total. The first-order valence-corrected chi connectivity index (χ1v) is 7.06. The van der Waals surface area contributed by atoms with E-state index >= 15 is 0 Å². The predicted molar refractivity (Wildman–Crippen MR) is 76.4 cm³/mol. The Hall–Kier alpha value is -1.12. The van der Waals surface area contributed by atoms with Gasteiger partial charge in [0.2, 0.25) is 0 Å². The molecule has 0 amide bonds. The van der Waals surface area contributed by atoms with Crippen molar-refractivity contribution in [3.05, 3.63) is 45.6 Å². The first kappa shape index (κ1) is 12.3. The molecule has 0 bridgehead atoms. The lowest BCUT2D eigenvalue weighted by Gasteiger charge is -2.08. The van der Waals surface area contributed by atoms with Crippen molar-refractivity contribution in [1.29, 1.82) is 0 Å². The molecule has 90 valence electrons. The first-order valence-electron chi connectivity index (χ1n) is 6.18. The van der Waals surface area contributed by atoms with Crippen molar-refractivity contribution in [1.82, 2.24) is 0 Å². The second kappa shape index (κ2) is 5.48. The van der Waals surface area contributed by atoms with Gasteiger partial charge in [0, 0.05) is 11.4 Å². The normalized spacial score (nSPS) is 10.8. The van der Waals surface area contributed by atoms with Crippen LogP contribution in [0.1, 0.15) is 29.9 Å². The third-order valence-corrected chi connectivity index (χ3v) is 4.09. The maximum absolute atomic E-state index is 5.68. The fourth-order valence-electron chi connectivity index (χ4n) is 2.05. The summed E-state index contributed by atoms with van der Waals surface area (Å²) < 4.78 is 0. The van der Waals surface area contributed by atoms with Crippen LogP contribution in [0.4, 0.5) is 0 Å². The minimum absolute atomic E-state index is 0.638. The van der Waals surface area contributed by atoms with Gasteiger partial charge >= 0.3 is 0 Å². The monoisotopic (exact) mass is 245 g/mol. The van der Waals surface area contributed by atoms with Crippen LogP contribution in [-0.2, 0) is 19.4 Å². The summed E-state index contributed by atoms with van der Waals surface area (Å²) in [5.41, 5.74) is 11.2. The zero-order valence-corrected chi connectivity index (χ0v) is 11.3. The molecule has 17 heavy (non-hydrogen) atoms. The third kappa shape index (κ3) is 2.59. The lowest BCUT2D eigenvalue weighted by molar-refractivity contribution is 1.10. The highest BCUT2D eigenvalue weighted by Crippen LogP contribution is 2.29. The van der Waals surface area contributed by atoms with E-state index < -0.39 is 0 Å². The molecule has 0 atom stereocenters. The van der Waals surface area contributed by atoms with E-state index in [-0.39, 0.29) is 0 Å². The third-order valence-electron chi connectivity index (χ3n) is 3.13. The Morgan fingerprint density at radius 2 is 1.94 bits per heavy atom. The molecule has 1 heterocycles. The molecule has 0 saturated carbocycles. The molecule has 2 aromatic rings. The van der Waals surface area contributed by atoms with E-state index in [0.717, 1.165) is 12.8 Å². The average Bonchev–Trinajstić information content (AvgIpc) is 2.86. The zero-order chi connectivity index (χ0) is 12.3. The van der Waals surface area contributed by atoms with Gasteiger partial charge in [0.1, 0.15) is 0 Å². The summed E-state index contributed by atoms with van der Waals surface area (Å²) in [6, 6.07) is 9.03. The molecule has 0 spiro atoms. The predicted octanol–water partition coefficient (Wildman–Crippen LogP) is 4.00. The van der Waals surface area contributed by atoms with E-state index in [4.69, 9.17) is 5.73 Å². The fraction of sp³-hybridized carbons (Fsp3) is 0.333. The minimum Gasteiger partial charge on any atom is -0.326 e. The molecule has 0 unspecified atom stereocenters. The summed E-state index contributed by atoms with van der Waals surface area (Å²) in [5.74, 6) is 0. The largest absolute Gasteiger partial charge is 0.326 e. The molecule has 2 rings (SSSR count). The van der Waals surface area contributed by atoms with Crippen LogP contribution >= 0.6 is 11.3 Å². The lowest BCUT2D eigenvalue weighted by Crippen LogP contribution is -1.92. The molecule has 0 saturated heterocycles. The number of hydrogen-bond acceptors (Lipinski definition) is 2. The van der Waals surface area contributed by atoms with Crippen molar-refractivity contribution in [2.45, 2.75) is 33.2 Å². The highest BCUT2D eigenvalue weighted by atomic mass is 32.1. The van der Waals surface area contributed by atoms with Gasteiger partial charge in [0.25, 0.3) is 0 Å². The molecule has 1 aromatic carbocycles. The number of nitrogens with two attached hydrogens (primary N) is 1. The lowest BCUT2D eigenvalue weighted by atomic mass is 9.96. The summed E-state index contributed by atoms with van der Waals surface area (Å²) in [6.45, 7) is 5.05. The van der Waals surface area contributed by atoms with Gasteiger partial charge in [-0.15, -0.1) is 11.3 Å². The van der Waals surface area contributed by atoms with Gasteiger partial charge in [-0.1, -0.05) is 32.0 Å². The van der Waals surface area contributed by atoms with E-state index in [1.165, 1.54) is 27.1 Å². The Kier molecular flexibility index (Phi) is 3.97. The second-order valence-electron chi connectivity index (χ2n) is 4.20. The second-order valence-corrected chi connectivity index (χ2v) is 5.20. The Balaban J connectivity index is 2.47. The van der Waals surface area contributed by atoms with Crippen molar-refractivity contribution in [3.8, 4) is 11.1 Å². The minimum atomic E-state index is 0.638. The van der Waals surface area contributed by atoms with Crippen LogP contribution < -0.4 is 5.73 Å². The van der Waals surface area contributed by atoms with Crippen molar-refractivity contribution < 1.29 is 0 Å². The molecule has 0 aliphatic carbocycles. The summed E-state index contributed by atoms with van der Waals surface area (Å²) >= 11 is 1.75. The van der Waals surface area contributed by atoms with Gasteiger partial charge in [0.05, 0.1) is 0 Å². The molecule has 2 heteroatoms. The van der Waals surface area contributed by atoms with Crippen LogP contribution in [-0.4, -0.2) is 0 Å². The average molecular weight is 245 g/mol. The van der Waals surface area contributed by atoms with Crippen LogP contribution in [0.25, 0.3) is 11.1 Å². The number of hydrogen-bond donors (Lipinski definition) is 1. The number of benzene rings is 1. The van der Waals surface area contributed by atoms with E-state index in [9.17, 15) is 0 Å².